The zero-order valence-electron chi connectivity index (χ0n) is 15.3. The van der Waals surface area contributed by atoms with Crippen molar-refractivity contribution in [2.75, 3.05) is 11.5 Å². The van der Waals surface area contributed by atoms with Gasteiger partial charge in [-0.2, -0.15) is 5.26 Å². The van der Waals surface area contributed by atoms with E-state index in [-0.39, 0.29) is 10.7 Å². The molecule has 154 valence electrons. The van der Waals surface area contributed by atoms with Crippen LogP contribution in [0, 0.1) is 28.6 Å². The average Bonchev–Trinajstić information content (AvgIpc) is 3.44. The number of aromatic nitrogens is 5. The highest BCUT2D eigenvalue weighted by atomic mass is 32.2. The third-order valence-electron chi connectivity index (χ3n) is 4.86. The first-order valence-electron chi connectivity index (χ1n) is 8.78. The fourth-order valence-electron chi connectivity index (χ4n) is 3.20. The Labute approximate surface area is 188 Å². The molecule has 0 saturated carbocycles. The molecule has 14 heteroatoms. The molecule has 31 heavy (non-hydrogen) atoms. The van der Waals surface area contributed by atoms with Crippen LogP contribution >= 0.6 is 35.7 Å². The Morgan fingerprint density at radius 3 is 3.03 bits per heavy atom. The Morgan fingerprint density at radius 1 is 1.52 bits per heavy atom. The van der Waals surface area contributed by atoms with Crippen LogP contribution in [0.1, 0.15) is 0 Å². The molecular formula is C17H10N8O3S3. The lowest BCUT2D eigenvalue weighted by atomic mass is 10.00. The number of thiocarbonyl (C=S) groups is 1. The van der Waals surface area contributed by atoms with Crippen LogP contribution in [-0.4, -0.2) is 75.0 Å². The third kappa shape index (κ3) is 3.20. The van der Waals surface area contributed by atoms with E-state index in [1.807, 2.05) is 6.07 Å². The minimum atomic E-state index is -1.17. The van der Waals surface area contributed by atoms with Gasteiger partial charge in [0, 0.05) is 11.5 Å². The third-order valence-corrected chi connectivity index (χ3v) is 7.63. The van der Waals surface area contributed by atoms with Gasteiger partial charge in [0.2, 0.25) is 5.41 Å². The summed E-state index contributed by atoms with van der Waals surface area (Å²) < 4.78 is 1.29. The Bertz CT molecular complexity index is 1290. The Kier molecular flexibility index (Phi) is 4.58. The minimum Gasteiger partial charge on any atom is -0.477 e. The smallest absolute Gasteiger partial charge is 0.352 e. The lowest BCUT2D eigenvalue weighted by Crippen LogP contribution is -2.71. The van der Waals surface area contributed by atoms with Crippen molar-refractivity contribution in [1.29, 1.82) is 5.26 Å². The topological polar surface area (TPSA) is 149 Å². The van der Waals surface area contributed by atoms with E-state index >= 15 is 0 Å². The molecule has 1 amide bonds. The zero-order valence-corrected chi connectivity index (χ0v) is 17.8. The van der Waals surface area contributed by atoms with E-state index in [1.54, 1.807) is 12.1 Å². The molecule has 1 unspecified atom stereocenters. The lowest BCUT2D eigenvalue weighted by Gasteiger charge is -2.50. The Balaban J connectivity index is 1.31. The van der Waals surface area contributed by atoms with E-state index in [1.165, 1.54) is 33.1 Å². The van der Waals surface area contributed by atoms with E-state index in [0.717, 1.165) is 0 Å². The number of carbonyl (C=O) groups excluding carboxylic acids is 1. The number of amides is 1. The Hall–Kier alpha value is -3.20. The summed E-state index contributed by atoms with van der Waals surface area (Å²) in [5.74, 6) is 4.48. The van der Waals surface area contributed by atoms with Gasteiger partial charge in [-0.25, -0.2) is 4.79 Å². The first-order chi connectivity index (χ1) is 14.9. The highest BCUT2D eigenvalue weighted by molar-refractivity contribution is 8.01. The van der Waals surface area contributed by atoms with Gasteiger partial charge in [-0.15, -0.1) is 38.4 Å². The maximum absolute atomic E-state index is 12.7. The van der Waals surface area contributed by atoms with Crippen molar-refractivity contribution in [2.45, 2.75) is 16.4 Å². The summed E-state index contributed by atoms with van der Waals surface area (Å²) in [5.41, 5.74) is -0.0727. The zero-order chi connectivity index (χ0) is 21.8. The van der Waals surface area contributed by atoms with Crippen molar-refractivity contribution in [2.24, 2.45) is 5.41 Å². The van der Waals surface area contributed by atoms with Gasteiger partial charge in [-0.05, 0) is 28.1 Å². The standard InChI is InChI=1S/C17H10N8O3S3/c18-7-17(3-4-17)16(29)19-11-13(26)24-12(15(27)28)8(6-31-14(11)24)5-30-10-2-1-9-20-22-23-25(9)21-10/h1-2,11,14H,5-6H2,(H,19,29)(H,27,28)/t11?,14-/m0/s1. The number of rotatable bonds is 6. The molecule has 2 atom stereocenters. The summed E-state index contributed by atoms with van der Waals surface area (Å²) in [6.45, 7) is 0. The van der Waals surface area contributed by atoms with Gasteiger partial charge in [-0.1, -0.05) is 24.1 Å². The number of fused-ring (bicyclic) bond motifs is 2. The summed E-state index contributed by atoms with van der Waals surface area (Å²) in [6, 6.07) is 4.75. The van der Waals surface area contributed by atoms with Crippen molar-refractivity contribution >= 4 is 58.3 Å². The second-order valence-electron chi connectivity index (χ2n) is 6.72. The van der Waals surface area contributed by atoms with Crippen LogP contribution in [0.5, 0.6) is 0 Å². The number of carboxylic acids is 1. The van der Waals surface area contributed by atoms with E-state index < -0.39 is 28.7 Å². The number of tetrazole rings is 1. The van der Waals surface area contributed by atoms with Crippen LogP contribution in [0.2, 0.25) is 0 Å². The number of nitrogens with zero attached hydrogens (tertiary/aromatic N) is 7. The first-order valence-corrected chi connectivity index (χ1v) is 11.2. The number of thioether (sulfide) groups is 2. The molecule has 1 aliphatic carbocycles. The Morgan fingerprint density at radius 2 is 2.32 bits per heavy atom. The molecule has 0 bridgehead atoms. The number of nitriles is 1. The summed E-state index contributed by atoms with van der Waals surface area (Å²) >= 11 is 7.98. The van der Waals surface area contributed by atoms with E-state index in [4.69, 9.17) is 17.5 Å². The monoisotopic (exact) mass is 470 g/mol. The predicted molar refractivity (Wildman–Crippen MR) is 112 cm³/mol. The highest BCUT2D eigenvalue weighted by Crippen LogP contribution is 2.42. The summed E-state index contributed by atoms with van der Waals surface area (Å²) in [4.78, 5) is 26.1. The van der Waals surface area contributed by atoms with Crippen LogP contribution in [0.25, 0.3) is 5.65 Å². The second-order valence-corrected chi connectivity index (χ2v) is 9.23. The van der Waals surface area contributed by atoms with Crippen LogP contribution in [0.3, 0.4) is 0 Å². The number of hydrogen-bond donors (Lipinski definition) is 2. The SMILES string of the molecule is N#CC1(C(=S)NC2C(=O)N3C(C(=O)O)=C(CSc4ccc5nnnn5n4)CS[C@@H]23)C#C1. The maximum Gasteiger partial charge on any atom is 0.352 e. The molecule has 4 heterocycles. The summed E-state index contributed by atoms with van der Waals surface area (Å²) in [7, 11) is 0. The molecule has 2 N–H and O–H groups in total. The number of carboxylic acid groups (broad SMARTS) is 1. The van der Waals surface area contributed by atoms with Crippen LogP contribution in [-0.2, 0) is 9.59 Å². The number of hydrogen-bond acceptors (Lipinski definition) is 10. The van der Waals surface area contributed by atoms with Crippen molar-refractivity contribution in [3.8, 4) is 17.9 Å². The molecule has 5 rings (SSSR count). The molecule has 0 spiro atoms. The molecule has 0 radical (unpaired) electrons. The van der Waals surface area contributed by atoms with Crippen LogP contribution in [0.15, 0.2) is 28.4 Å². The van der Waals surface area contributed by atoms with E-state index in [9.17, 15) is 14.7 Å². The largest absolute Gasteiger partial charge is 0.477 e. The van der Waals surface area contributed by atoms with E-state index in [2.05, 4.69) is 37.8 Å². The van der Waals surface area contributed by atoms with Gasteiger partial charge in [0.15, 0.2) is 5.65 Å². The molecule has 1 fully saturated rings. The van der Waals surface area contributed by atoms with Crippen molar-refractivity contribution in [1.82, 2.24) is 35.5 Å². The molecule has 2 aliphatic heterocycles. The predicted octanol–water partition coefficient (Wildman–Crippen LogP) is -0.322. The minimum absolute atomic E-state index is 0.0219. The molecular weight excluding hydrogens is 460 g/mol. The molecule has 11 nitrogen and oxygen atoms in total. The fourth-order valence-corrected chi connectivity index (χ4v) is 5.81. The molecule has 2 aromatic rings. The highest BCUT2D eigenvalue weighted by Gasteiger charge is 2.55. The molecule has 0 aromatic carbocycles. The van der Waals surface area contributed by atoms with Crippen molar-refractivity contribution in [3.63, 3.8) is 0 Å². The summed E-state index contributed by atoms with van der Waals surface area (Å²) in [6.07, 6.45) is 0. The van der Waals surface area contributed by atoms with Crippen LogP contribution < -0.4 is 5.32 Å². The van der Waals surface area contributed by atoms with Gasteiger partial charge in [0.1, 0.15) is 33.2 Å². The molecule has 2 aromatic heterocycles. The van der Waals surface area contributed by atoms with Gasteiger partial charge < -0.3 is 10.4 Å². The molecule has 1 saturated heterocycles. The summed E-state index contributed by atoms with van der Waals surface area (Å²) in [5, 5.41) is 37.3. The van der Waals surface area contributed by atoms with Crippen molar-refractivity contribution < 1.29 is 14.7 Å². The van der Waals surface area contributed by atoms with E-state index in [0.29, 0.717) is 27.8 Å². The normalized spacial score (nSPS) is 22.7. The number of carbonyl (C=O) groups is 2. The quantitative estimate of drug-likeness (QED) is 0.246. The first kappa shape index (κ1) is 19.7. The molecule has 3 aliphatic rings. The number of β-lactam (4-membered cyclic amide) rings is 1. The van der Waals surface area contributed by atoms with Gasteiger partial charge in [-0.3, -0.25) is 9.69 Å². The second kappa shape index (κ2) is 7.19. The van der Waals surface area contributed by atoms with Crippen LogP contribution in [0.4, 0.5) is 0 Å². The number of aliphatic carboxylic acids is 1. The van der Waals surface area contributed by atoms with Gasteiger partial charge >= 0.3 is 5.97 Å². The number of nitrogens with one attached hydrogen (secondary N) is 1. The maximum atomic E-state index is 12.7. The fraction of sp³-hybridized carbons (Fsp3) is 0.294. The van der Waals surface area contributed by atoms with Crippen molar-refractivity contribution in [3.05, 3.63) is 23.4 Å². The average molecular weight is 471 g/mol. The lowest BCUT2D eigenvalue weighted by molar-refractivity contribution is -0.148. The van der Waals surface area contributed by atoms with Gasteiger partial charge in [0.25, 0.3) is 5.91 Å². The van der Waals surface area contributed by atoms with Gasteiger partial charge in [0.05, 0.1) is 0 Å².